The van der Waals surface area contributed by atoms with Crippen molar-refractivity contribution in [2.75, 3.05) is 13.7 Å². The predicted octanol–water partition coefficient (Wildman–Crippen LogP) is 2.37. The normalized spacial score (nSPS) is 15.9. The van der Waals surface area contributed by atoms with Crippen molar-refractivity contribution >= 4 is 5.91 Å². The maximum Gasteiger partial charge on any atom is 0.234 e. The summed E-state index contributed by atoms with van der Waals surface area (Å²) < 4.78 is 5.13. The lowest BCUT2D eigenvalue weighted by molar-refractivity contribution is -0.121. The van der Waals surface area contributed by atoms with E-state index in [4.69, 9.17) is 4.74 Å². The molecule has 1 aliphatic rings. The van der Waals surface area contributed by atoms with Gasteiger partial charge in [0.15, 0.2) is 0 Å². The molecule has 4 nitrogen and oxygen atoms in total. The number of hydrogen-bond acceptors (Lipinski definition) is 3. The lowest BCUT2D eigenvalue weighted by Crippen LogP contribution is -2.41. The van der Waals surface area contributed by atoms with Gasteiger partial charge in [-0.15, -0.1) is 0 Å². The maximum atomic E-state index is 11.9. The van der Waals surface area contributed by atoms with Crippen LogP contribution >= 0.6 is 0 Å². The van der Waals surface area contributed by atoms with Gasteiger partial charge < -0.3 is 15.4 Å². The molecule has 0 bridgehead atoms. The summed E-state index contributed by atoms with van der Waals surface area (Å²) in [7, 11) is 1.69. The molecule has 0 unspecified atom stereocenters. The Morgan fingerprint density at radius 2 is 2.00 bits per heavy atom. The Morgan fingerprint density at radius 3 is 2.76 bits per heavy atom. The summed E-state index contributed by atoms with van der Waals surface area (Å²) in [5, 5.41) is 6.32. The van der Waals surface area contributed by atoms with Crippen molar-refractivity contribution in [3.05, 3.63) is 35.4 Å². The minimum absolute atomic E-state index is 0.106. The van der Waals surface area contributed by atoms with E-state index in [-0.39, 0.29) is 5.91 Å². The van der Waals surface area contributed by atoms with Gasteiger partial charge >= 0.3 is 0 Å². The highest BCUT2D eigenvalue weighted by atomic mass is 16.5. The van der Waals surface area contributed by atoms with Crippen molar-refractivity contribution in [1.29, 1.82) is 0 Å². The molecule has 4 heteroatoms. The third-order valence-corrected chi connectivity index (χ3v) is 3.89. The van der Waals surface area contributed by atoms with E-state index < -0.39 is 0 Å². The number of benzene rings is 1. The average molecular weight is 290 g/mol. The zero-order chi connectivity index (χ0) is 14.9. The number of nitrogens with one attached hydrogen (secondary N) is 2. The van der Waals surface area contributed by atoms with Crippen LogP contribution in [0.15, 0.2) is 24.3 Å². The predicted molar refractivity (Wildman–Crippen MR) is 83.9 cm³/mol. The van der Waals surface area contributed by atoms with Gasteiger partial charge in [-0.3, -0.25) is 4.79 Å². The molecule has 116 valence electrons. The van der Waals surface area contributed by atoms with Gasteiger partial charge in [-0.1, -0.05) is 43.5 Å². The van der Waals surface area contributed by atoms with Gasteiger partial charge in [0.1, 0.15) is 0 Å². The van der Waals surface area contributed by atoms with Gasteiger partial charge in [-0.25, -0.2) is 0 Å². The third kappa shape index (κ3) is 5.86. The van der Waals surface area contributed by atoms with Crippen molar-refractivity contribution in [3.8, 4) is 0 Å². The maximum absolute atomic E-state index is 11.9. The van der Waals surface area contributed by atoms with E-state index in [9.17, 15) is 4.79 Å². The molecule has 0 saturated heterocycles. The molecule has 1 aromatic carbocycles. The molecular formula is C17H26N2O2. The van der Waals surface area contributed by atoms with E-state index in [1.807, 2.05) is 12.1 Å². The van der Waals surface area contributed by atoms with Crippen molar-refractivity contribution in [2.45, 2.75) is 51.3 Å². The number of carbonyl (C=O) groups is 1. The summed E-state index contributed by atoms with van der Waals surface area (Å²) in [6, 6.07) is 8.62. The summed E-state index contributed by atoms with van der Waals surface area (Å²) in [6.07, 6.45) is 6.05. The first kappa shape index (κ1) is 16.0. The molecule has 1 aromatic rings. The smallest absolute Gasteiger partial charge is 0.234 e. The van der Waals surface area contributed by atoms with Crippen LogP contribution in [-0.2, 0) is 22.7 Å². The van der Waals surface area contributed by atoms with E-state index in [2.05, 4.69) is 22.8 Å². The Labute approximate surface area is 127 Å². The lowest BCUT2D eigenvalue weighted by atomic mass is 9.95. The van der Waals surface area contributed by atoms with E-state index in [0.717, 1.165) is 18.4 Å². The molecule has 0 atom stereocenters. The highest BCUT2D eigenvalue weighted by Crippen LogP contribution is 2.17. The van der Waals surface area contributed by atoms with Crippen LogP contribution in [0, 0.1) is 0 Å². The number of methoxy groups -OCH3 is 1. The standard InChI is InChI=1S/C17H26N2O2/c1-21-13-15-7-5-6-14(10-15)11-18-12-17(20)19-16-8-3-2-4-9-16/h5-7,10,16,18H,2-4,8-9,11-13H2,1H3,(H,19,20). The van der Waals surface area contributed by atoms with Crippen molar-refractivity contribution in [1.82, 2.24) is 10.6 Å². The van der Waals surface area contributed by atoms with E-state index in [1.54, 1.807) is 7.11 Å². The zero-order valence-electron chi connectivity index (χ0n) is 12.9. The highest BCUT2D eigenvalue weighted by Gasteiger charge is 2.15. The summed E-state index contributed by atoms with van der Waals surface area (Å²) >= 11 is 0. The fraction of sp³-hybridized carbons (Fsp3) is 0.588. The van der Waals surface area contributed by atoms with Crippen LogP contribution in [0.2, 0.25) is 0 Å². The van der Waals surface area contributed by atoms with Crippen molar-refractivity contribution < 1.29 is 9.53 Å². The molecule has 2 N–H and O–H groups in total. The van der Waals surface area contributed by atoms with E-state index in [1.165, 1.54) is 24.8 Å². The molecule has 0 spiro atoms. The molecule has 1 amide bonds. The molecule has 0 aromatic heterocycles. The number of ether oxygens (including phenoxy) is 1. The fourth-order valence-corrected chi connectivity index (χ4v) is 2.84. The SMILES string of the molecule is COCc1cccc(CNCC(=O)NC2CCCCC2)c1. The summed E-state index contributed by atoms with van der Waals surface area (Å²) in [6.45, 7) is 1.71. The van der Waals surface area contributed by atoms with Crippen molar-refractivity contribution in [2.24, 2.45) is 0 Å². The molecule has 0 radical (unpaired) electrons. The average Bonchev–Trinajstić information content (AvgIpc) is 2.49. The Balaban J connectivity index is 1.68. The van der Waals surface area contributed by atoms with Crippen molar-refractivity contribution in [3.63, 3.8) is 0 Å². The van der Waals surface area contributed by atoms with Crippen LogP contribution < -0.4 is 10.6 Å². The fourth-order valence-electron chi connectivity index (χ4n) is 2.84. The van der Waals surface area contributed by atoms with Gasteiger partial charge in [0, 0.05) is 19.7 Å². The van der Waals surface area contributed by atoms with Gasteiger partial charge in [0.25, 0.3) is 0 Å². The van der Waals surface area contributed by atoms with Crippen LogP contribution in [-0.4, -0.2) is 25.6 Å². The number of carbonyl (C=O) groups excluding carboxylic acids is 1. The molecule has 1 aliphatic carbocycles. The molecule has 1 fully saturated rings. The third-order valence-electron chi connectivity index (χ3n) is 3.89. The number of hydrogen-bond donors (Lipinski definition) is 2. The summed E-state index contributed by atoms with van der Waals surface area (Å²) in [5.41, 5.74) is 2.33. The monoisotopic (exact) mass is 290 g/mol. The van der Waals surface area contributed by atoms with Crippen LogP contribution in [0.3, 0.4) is 0 Å². The second kappa shape index (κ2) is 8.80. The van der Waals surface area contributed by atoms with Gasteiger partial charge in [-0.2, -0.15) is 0 Å². The Morgan fingerprint density at radius 1 is 1.24 bits per heavy atom. The molecule has 21 heavy (non-hydrogen) atoms. The molecule has 2 rings (SSSR count). The Hall–Kier alpha value is -1.39. The Kier molecular flexibility index (Phi) is 6.70. The first-order valence-corrected chi connectivity index (χ1v) is 7.85. The first-order valence-electron chi connectivity index (χ1n) is 7.85. The molecule has 1 saturated carbocycles. The quantitative estimate of drug-likeness (QED) is 0.810. The minimum atomic E-state index is 0.106. The van der Waals surface area contributed by atoms with Crippen LogP contribution in [0.25, 0.3) is 0 Å². The highest BCUT2D eigenvalue weighted by molar-refractivity contribution is 5.78. The second-order valence-electron chi connectivity index (χ2n) is 5.76. The molecule has 0 heterocycles. The van der Waals surface area contributed by atoms with Crippen LogP contribution in [0.1, 0.15) is 43.2 Å². The minimum Gasteiger partial charge on any atom is -0.380 e. The van der Waals surface area contributed by atoms with Gasteiger partial charge in [0.2, 0.25) is 5.91 Å². The van der Waals surface area contributed by atoms with Gasteiger partial charge in [-0.05, 0) is 24.0 Å². The van der Waals surface area contributed by atoms with E-state index >= 15 is 0 Å². The molecule has 0 aliphatic heterocycles. The van der Waals surface area contributed by atoms with E-state index in [0.29, 0.717) is 25.7 Å². The zero-order valence-corrected chi connectivity index (χ0v) is 12.9. The van der Waals surface area contributed by atoms with Gasteiger partial charge in [0.05, 0.1) is 13.2 Å². The largest absolute Gasteiger partial charge is 0.380 e. The summed E-state index contributed by atoms with van der Waals surface area (Å²) in [5.74, 6) is 0.106. The molecular weight excluding hydrogens is 264 g/mol. The lowest BCUT2D eigenvalue weighted by Gasteiger charge is -2.22. The van der Waals surface area contributed by atoms with Crippen LogP contribution in [0.5, 0.6) is 0 Å². The topological polar surface area (TPSA) is 50.4 Å². The van der Waals surface area contributed by atoms with Crippen LogP contribution in [0.4, 0.5) is 0 Å². The Bertz CT molecular complexity index is 442. The first-order chi connectivity index (χ1) is 10.3. The number of amides is 1. The summed E-state index contributed by atoms with van der Waals surface area (Å²) in [4.78, 5) is 11.9. The second-order valence-corrected chi connectivity index (χ2v) is 5.76. The number of rotatable bonds is 7.